The SMILES string of the molecule is CC(C)c1ccc(-c2ccccc2)cc1.CC(C)c1ccc2ccccc2c1.CC(C)c1ccccc1.CCC.CCc1ccc(CC)cc1.[C-]#[N+]c1ccc(C(C)C)cc1. The molecule has 0 aliphatic heterocycles. The van der Waals surface area contributed by atoms with Crippen LogP contribution in [0.4, 0.5) is 5.69 Å². The van der Waals surface area contributed by atoms with Crippen LogP contribution in [0.1, 0.15) is 147 Å². The lowest BCUT2D eigenvalue weighted by molar-refractivity contribution is 0.867. The molecule has 0 amide bonds. The highest BCUT2D eigenvalue weighted by molar-refractivity contribution is 5.83. The van der Waals surface area contributed by atoms with Crippen LogP contribution in [0, 0.1) is 6.57 Å². The average molecular weight is 810 g/mol. The molecule has 7 aromatic rings. The molecule has 0 spiro atoms. The third-order valence-corrected chi connectivity index (χ3v) is 10.1. The number of nitrogens with zero attached hydrogens (tertiary/aromatic N) is 1. The van der Waals surface area contributed by atoms with E-state index in [1.54, 1.807) is 0 Å². The van der Waals surface area contributed by atoms with E-state index in [2.05, 4.69) is 227 Å². The maximum absolute atomic E-state index is 6.75. The minimum atomic E-state index is 0.551. The standard InChI is InChI=1S/C15H16.C13H14.C10H11N.C10H14.C9H12.C3H8/c1-12(2)13-8-10-15(11-9-13)14-6-4-3-5-7-14;1-10(2)12-8-7-11-5-3-4-6-13(11)9-12;1-8(2)9-4-6-10(11-3)7-5-9;1-3-9-5-7-10(4-2)8-6-9;1-8(2)9-6-4-3-5-7-9;1-3-2/h3-12H,1-2H3;3-10H,1-2H3;4-8H,1-2H3;5-8H,3-4H2,1-2H3;3-8H,1-2H3;3H2,1-2H3. The molecule has 0 aromatic heterocycles. The highest BCUT2D eigenvalue weighted by Crippen LogP contribution is 2.23. The van der Waals surface area contributed by atoms with Crippen LogP contribution in [0.2, 0.25) is 0 Å². The molecular weight excluding hydrogens is 735 g/mol. The molecule has 0 heterocycles. The molecule has 320 valence electrons. The molecule has 0 aliphatic rings. The molecule has 61 heavy (non-hydrogen) atoms. The summed E-state index contributed by atoms with van der Waals surface area (Å²) in [7, 11) is 0. The van der Waals surface area contributed by atoms with Crippen LogP contribution in [0.15, 0.2) is 176 Å². The first-order valence-corrected chi connectivity index (χ1v) is 22.6. The molecule has 0 saturated carbocycles. The second-order valence-corrected chi connectivity index (χ2v) is 16.6. The van der Waals surface area contributed by atoms with E-state index in [0.717, 1.165) is 18.5 Å². The van der Waals surface area contributed by atoms with Crippen molar-refractivity contribution >= 4 is 16.5 Å². The first kappa shape index (κ1) is 51.4. The van der Waals surface area contributed by atoms with Crippen molar-refractivity contribution in [2.75, 3.05) is 0 Å². The van der Waals surface area contributed by atoms with Crippen molar-refractivity contribution in [3.63, 3.8) is 0 Å². The quantitative estimate of drug-likeness (QED) is 0.141. The zero-order valence-electron chi connectivity index (χ0n) is 39.6. The second-order valence-electron chi connectivity index (χ2n) is 16.6. The topological polar surface area (TPSA) is 4.36 Å². The summed E-state index contributed by atoms with van der Waals surface area (Å²) < 4.78 is 0. The predicted octanol–water partition coefficient (Wildman–Crippen LogP) is 18.8. The summed E-state index contributed by atoms with van der Waals surface area (Å²) in [4.78, 5) is 3.32. The fraction of sp³-hybridized carbons (Fsp3) is 0.317. The van der Waals surface area contributed by atoms with Crippen LogP contribution >= 0.6 is 0 Å². The fourth-order valence-electron chi connectivity index (χ4n) is 6.04. The molecule has 7 aromatic carbocycles. The van der Waals surface area contributed by atoms with Gasteiger partial charge in [0.2, 0.25) is 0 Å². The van der Waals surface area contributed by atoms with Gasteiger partial charge in [0.15, 0.2) is 5.69 Å². The summed E-state index contributed by atoms with van der Waals surface area (Å²) in [5, 5.41) is 2.67. The van der Waals surface area contributed by atoms with Crippen molar-refractivity contribution in [3.05, 3.63) is 221 Å². The molecule has 0 aliphatic carbocycles. The molecule has 0 fully saturated rings. The number of fused-ring (bicyclic) bond motifs is 1. The molecule has 0 saturated heterocycles. The summed E-state index contributed by atoms with van der Waals surface area (Å²) in [5.41, 5.74) is 11.7. The smallest absolute Gasteiger partial charge is 0.187 e. The summed E-state index contributed by atoms with van der Waals surface area (Å²) in [6, 6.07) is 61.6. The Labute approximate surface area is 372 Å². The van der Waals surface area contributed by atoms with Crippen LogP contribution in [0.25, 0.3) is 26.7 Å². The fourth-order valence-corrected chi connectivity index (χ4v) is 6.04. The van der Waals surface area contributed by atoms with Gasteiger partial charge in [-0.05, 0) is 91.8 Å². The van der Waals surface area contributed by atoms with E-state index in [0.29, 0.717) is 23.7 Å². The van der Waals surface area contributed by atoms with Gasteiger partial charge in [0, 0.05) is 0 Å². The summed E-state index contributed by atoms with van der Waals surface area (Å²) in [5.74, 6) is 2.43. The van der Waals surface area contributed by atoms with Crippen molar-refractivity contribution in [1.82, 2.24) is 0 Å². The van der Waals surface area contributed by atoms with E-state index < -0.39 is 0 Å². The minimum Gasteiger partial charge on any atom is -0.238 e. The Bertz CT molecular complexity index is 2160. The van der Waals surface area contributed by atoms with Crippen LogP contribution < -0.4 is 0 Å². The molecule has 1 nitrogen and oxygen atoms in total. The van der Waals surface area contributed by atoms with Gasteiger partial charge >= 0.3 is 0 Å². The third-order valence-electron chi connectivity index (χ3n) is 10.1. The summed E-state index contributed by atoms with van der Waals surface area (Å²) >= 11 is 0. The van der Waals surface area contributed by atoms with Gasteiger partial charge in [0.25, 0.3) is 0 Å². The number of rotatable bonds is 7. The number of hydrogen-bond acceptors (Lipinski definition) is 0. The van der Waals surface area contributed by atoms with Crippen LogP contribution in [0.5, 0.6) is 0 Å². The van der Waals surface area contributed by atoms with Crippen molar-refractivity contribution in [3.8, 4) is 11.1 Å². The molecule has 0 N–H and O–H groups in total. The van der Waals surface area contributed by atoms with Gasteiger partial charge in [0.05, 0.1) is 6.57 Å². The highest BCUT2D eigenvalue weighted by Gasteiger charge is 2.01. The lowest BCUT2D eigenvalue weighted by Gasteiger charge is -2.06. The van der Waals surface area contributed by atoms with E-state index in [9.17, 15) is 0 Å². The largest absolute Gasteiger partial charge is 0.238 e. The average Bonchev–Trinajstić information content (AvgIpc) is 3.30. The second kappa shape index (κ2) is 29.5. The van der Waals surface area contributed by atoms with Gasteiger partial charge in [-0.1, -0.05) is 265 Å². The van der Waals surface area contributed by atoms with E-state index in [1.165, 1.54) is 61.7 Å². The predicted molar refractivity (Wildman–Crippen MR) is 272 cm³/mol. The van der Waals surface area contributed by atoms with Crippen molar-refractivity contribution in [2.45, 2.75) is 126 Å². The highest BCUT2D eigenvalue weighted by atomic mass is 14.6. The van der Waals surface area contributed by atoms with Crippen molar-refractivity contribution < 1.29 is 0 Å². The Morgan fingerprint density at radius 1 is 0.361 bits per heavy atom. The Morgan fingerprint density at radius 3 is 1.10 bits per heavy atom. The van der Waals surface area contributed by atoms with Crippen molar-refractivity contribution in [2.24, 2.45) is 0 Å². The Kier molecular flexibility index (Phi) is 24.9. The molecule has 0 unspecified atom stereocenters. The molecular formula is C60H75N. The maximum atomic E-state index is 6.75. The van der Waals surface area contributed by atoms with Gasteiger partial charge in [0.1, 0.15) is 0 Å². The maximum Gasteiger partial charge on any atom is 0.187 e. The van der Waals surface area contributed by atoms with Gasteiger partial charge in [-0.3, -0.25) is 0 Å². The third kappa shape index (κ3) is 19.9. The van der Waals surface area contributed by atoms with Gasteiger partial charge in [-0.25, -0.2) is 4.85 Å². The summed E-state index contributed by atoms with van der Waals surface area (Å²) in [6.07, 6.45) is 3.54. The zero-order valence-corrected chi connectivity index (χ0v) is 39.6. The van der Waals surface area contributed by atoms with E-state index >= 15 is 0 Å². The van der Waals surface area contributed by atoms with E-state index in [-0.39, 0.29) is 0 Å². The monoisotopic (exact) mass is 810 g/mol. The number of hydrogen-bond donors (Lipinski definition) is 0. The van der Waals surface area contributed by atoms with Crippen molar-refractivity contribution in [1.29, 1.82) is 0 Å². The normalized spacial score (nSPS) is 10.1. The molecule has 7 rings (SSSR count). The van der Waals surface area contributed by atoms with Crippen LogP contribution in [-0.4, -0.2) is 0 Å². The van der Waals surface area contributed by atoms with E-state index in [4.69, 9.17) is 6.57 Å². The van der Waals surface area contributed by atoms with Gasteiger partial charge in [-0.2, -0.15) is 0 Å². The lowest BCUT2D eigenvalue weighted by atomic mass is 9.99. The number of aryl methyl sites for hydroxylation is 2. The first-order valence-electron chi connectivity index (χ1n) is 22.6. The summed E-state index contributed by atoms with van der Waals surface area (Å²) in [6.45, 7) is 33.0. The Balaban J connectivity index is 0.000000261. The van der Waals surface area contributed by atoms with E-state index in [1.807, 2.05) is 36.4 Å². The molecule has 0 radical (unpaired) electrons. The first-order chi connectivity index (χ1) is 29.4. The van der Waals surface area contributed by atoms with Crippen LogP contribution in [-0.2, 0) is 12.8 Å². The van der Waals surface area contributed by atoms with Gasteiger partial charge < -0.3 is 0 Å². The van der Waals surface area contributed by atoms with Gasteiger partial charge in [-0.15, -0.1) is 0 Å². The molecule has 0 atom stereocenters. The minimum absolute atomic E-state index is 0.551. The Hall–Kier alpha value is -5.71. The Morgan fingerprint density at radius 2 is 0.705 bits per heavy atom. The lowest BCUT2D eigenvalue weighted by Crippen LogP contribution is -1.86. The molecule has 1 heteroatoms. The zero-order chi connectivity index (χ0) is 45.0. The molecule has 0 bridgehead atoms. The number of benzene rings is 7. The van der Waals surface area contributed by atoms with Crippen LogP contribution in [0.3, 0.4) is 0 Å².